The average Bonchev–Trinajstić information content (AvgIpc) is 2.01. The van der Waals surface area contributed by atoms with E-state index in [-0.39, 0.29) is 5.57 Å². The Hall–Kier alpha value is -0.860. The maximum atomic E-state index is 10.1. The molecule has 0 heterocycles. The number of carboxylic acid groups (broad SMARTS) is 1. The molecule has 0 aromatic rings. The molecule has 0 aromatic carbocycles. The van der Waals surface area contributed by atoms with Gasteiger partial charge in [-0.05, 0) is 12.8 Å². The molecular formula is C7H13O4P. The van der Waals surface area contributed by atoms with Crippen molar-refractivity contribution in [2.75, 3.05) is 0 Å². The molecular weight excluding hydrogens is 179 g/mol. The Morgan fingerprint density at radius 2 is 2.00 bits per heavy atom. The highest BCUT2D eigenvalue weighted by Crippen LogP contribution is 2.01. The zero-order chi connectivity index (χ0) is 9.98. The van der Waals surface area contributed by atoms with Gasteiger partial charge in [0.1, 0.15) is 0 Å². The van der Waals surface area contributed by atoms with Crippen LogP contribution in [0.15, 0.2) is 24.8 Å². The summed E-state index contributed by atoms with van der Waals surface area (Å²) in [5.41, 5.74) is 0.245. The molecule has 0 aliphatic carbocycles. The Kier molecular flexibility index (Phi) is 11.6. The molecule has 0 aliphatic heterocycles. The van der Waals surface area contributed by atoms with E-state index in [1.165, 1.54) is 0 Å². The van der Waals surface area contributed by atoms with Crippen LogP contribution in [0.1, 0.15) is 12.8 Å². The van der Waals surface area contributed by atoms with Crippen LogP contribution in [0.3, 0.4) is 0 Å². The summed E-state index contributed by atoms with van der Waals surface area (Å²) < 4.78 is 8.57. The molecule has 1 atom stereocenters. The first-order valence-electron chi connectivity index (χ1n) is 3.20. The first kappa shape index (κ1) is 13.7. The third kappa shape index (κ3) is 11.9. The minimum atomic E-state index is -1.50. The van der Waals surface area contributed by atoms with Gasteiger partial charge in [0.2, 0.25) is 0 Å². The van der Waals surface area contributed by atoms with Crippen LogP contribution >= 0.6 is 8.69 Å². The fourth-order valence-electron chi connectivity index (χ4n) is 0.383. The van der Waals surface area contributed by atoms with Crippen LogP contribution in [0.5, 0.6) is 0 Å². The van der Waals surface area contributed by atoms with Crippen molar-refractivity contribution in [2.24, 2.45) is 0 Å². The predicted molar refractivity (Wildman–Crippen MR) is 48.8 cm³/mol. The largest absolute Gasteiger partial charge is 0.478 e. The zero-order valence-electron chi connectivity index (χ0n) is 6.69. The highest BCUT2D eigenvalue weighted by atomic mass is 31.1. The summed E-state index contributed by atoms with van der Waals surface area (Å²) in [5, 5.41) is 8.27. The molecule has 0 bridgehead atoms. The Morgan fingerprint density at radius 3 is 2.25 bits per heavy atom. The van der Waals surface area contributed by atoms with E-state index >= 15 is 0 Å². The molecule has 2 N–H and O–H groups in total. The van der Waals surface area contributed by atoms with Crippen LogP contribution in [0.2, 0.25) is 0 Å². The maximum absolute atomic E-state index is 10.1. The van der Waals surface area contributed by atoms with Gasteiger partial charge in [-0.15, -0.1) is 6.58 Å². The van der Waals surface area contributed by atoms with Gasteiger partial charge in [0, 0.05) is 5.57 Å². The van der Waals surface area contributed by atoms with E-state index < -0.39 is 14.7 Å². The molecule has 5 heteroatoms. The van der Waals surface area contributed by atoms with Gasteiger partial charge in [0.15, 0.2) is 8.69 Å². The SMILES string of the molecule is C=CCCC(=C)C(=O)O.O=[PH2]O. The monoisotopic (exact) mass is 192 g/mol. The second kappa shape index (κ2) is 10.1. The second-order valence-electron chi connectivity index (χ2n) is 1.84. The van der Waals surface area contributed by atoms with Crippen molar-refractivity contribution in [3.8, 4) is 0 Å². The number of hydrogen-bond acceptors (Lipinski definition) is 2. The van der Waals surface area contributed by atoms with Gasteiger partial charge < -0.3 is 10.00 Å². The first-order chi connectivity index (χ1) is 5.59. The Bertz CT molecular complexity index is 176. The van der Waals surface area contributed by atoms with E-state index in [9.17, 15) is 4.79 Å². The molecule has 0 amide bonds. The van der Waals surface area contributed by atoms with Gasteiger partial charge in [-0.1, -0.05) is 12.7 Å². The maximum Gasteiger partial charge on any atom is 0.330 e. The standard InChI is InChI=1S/C7H10O2.H3O2P/c1-3-4-5-6(2)7(8)9;1-3-2/h3H,1-2,4-5H2,(H,8,9);3H2,(H,1,2). The highest BCUT2D eigenvalue weighted by molar-refractivity contribution is 7.16. The van der Waals surface area contributed by atoms with Gasteiger partial charge >= 0.3 is 5.97 Å². The second-order valence-corrected chi connectivity index (χ2v) is 2.05. The molecule has 0 aliphatic rings. The lowest BCUT2D eigenvalue weighted by Gasteiger charge is -1.93. The number of allylic oxidation sites excluding steroid dienone is 1. The Balaban J connectivity index is 0. The van der Waals surface area contributed by atoms with Crippen LogP contribution in [0.4, 0.5) is 0 Å². The van der Waals surface area contributed by atoms with E-state index in [0.717, 1.165) is 0 Å². The first-order valence-corrected chi connectivity index (χ1v) is 4.18. The molecule has 0 fully saturated rings. The molecule has 4 nitrogen and oxygen atoms in total. The summed E-state index contributed by atoms with van der Waals surface area (Å²) >= 11 is 0. The molecule has 0 rings (SSSR count). The average molecular weight is 192 g/mol. The van der Waals surface area contributed by atoms with Crippen molar-refractivity contribution in [3.05, 3.63) is 24.8 Å². The highest BCUT2D eigenvalue weighted by Gasteiger charge is 1.99. The minimum Gasteiger partial charge on any atom is -0.478 e. The van der Waals surface area contributed by atoms with Crippen LogP contribution in [-0.2, 0) is 9.36 Å². The van der Waals surface area contributed by atoms with Gasteiger partial charge in [0.25, 0.3) is 0 Å². The van der Waals surface area contributed by atoms with Gasteiger partial charge in [-0.3, -0.25) is 4.57 Å². The molecule has 0 saturated heterocycles. The number of carbonyl (C=O) groups is 1. The van der Waals surface area contributed by atoms with Gasteiger partial charge in [-0.25, -0.2) is 4.79 Å². The van der Waals surface area contributed by atoms with Crippen LogP contribution in [0, 0.1) is 0 Å². The third-order valence-electron chi connectivity index (χ3n) is 0.953. The molecule has 0 spiro atoms. The lowest BCUT2D eigenvalue weighted by atomic mass is 10.2. The number of carboxylic acids is 1. The van der Waals surface area contributed by atoms with Gasteiger partial charge in [0.05, 0.1) is 0 Å². The summed E-state index contributed by atoms with van der Waals surface area (Å²) in [6.07, 6.45) is 2.86. The Labute approximate surface area is 72.5 Å². The van der Waals surface area contributed by atoms with Crippen molar-refractivity contribution in [1.29, 1.82) is 0 Å². The van der Waals surface area contributed by atoms with E-state index in [1.807, 2.05) is 0 Å². The quantitative estimate of drug-likeness (QED) is 0.399. The minimum absolute atomic E-state index is 0.245. The van der Waals surface area contributed by atoms with Crippen molar-refractivity contribution in [1.82, 2.24) is 0 Å². The predicted octanol–water partition coefficient (Wildman–Crippen LogP) is 1.24. The molecule has 12 heavy (non-hydrogen) atoms. The fraction of sp³-hybridized carbons (Fsp3) is 0.286. The van der Waals surface area contributed by atoms with E-state index in [0.29, 0.717) is 12.8 Å². The van der Waals surface area contributed by atoms with E-state index in [4.69, 9.17) is 14.6 Å². The van der Waals surface area contributed by atoms with Crippen molar-refractivity contribution < 1.29 is 19.4 Å². The number of aliphatic carboxylic acids is 1. The summed E-state index contributed by atoms with van der Waals surface area (Å²) in [4.78, 5) is 17.2. The van der Waals surface area contributed by atoms with Crippen molar-refractivity contribution in [3.63, 3.8) is 0 Å². The molecule has 0 radical (unpaired) electrons. The van der Waals surface area contributed by atoms with Crippen molar-refractivity contribution >= 4 is 14.7 Å². The molecule has 70 valence electrons. The number of rotatable bonds is 4. The fourth-order valence-corrected chi connectivity index (χ4v) is 0.383. The molecule has 1 unspecified atom stereocenters. The van der Waals surface area contributed by atoms with Crippen LogP contribution in [0.25, 0.3) is 0 Å². The van der Waals surface area contributed by atoms with Crippen LogP contribution < -0.4 is 0 Å². The summed E-state index contributed by atoms with van der Waals surface area (Å²) in [6.45, 7) is 6.80. The smallest absolute Gasteiger partial charge is 0.330 e. The van der Waals surface area contributed by atoms with E-state index in [1.54, 1.807) is 6.08 Å². The van der Waals surface area contributed by atoms with Crippen molar-refractivity contribution in [2.45, 2.75) is 12.8 Å². The molecule has 0 saturated carbocycles. The summed E-state index contributed by atoms with van der Waals surface area (Å²) in [6, 6.07) is 0. The zero-order valence-corrected chi connectivity index (χ0v) is 7.85. The lowest BCUT2D eigenvalue weighted by Crippen LogP contribution is -1.97. The summed E-state index contributed by atoms with van der Waals surface area (Å²) in [7, 11) is -1.50. The lowest BCUT2D eigenvalue weighted by molar-refractivity contribution is -0.132. The summed E-state index contributed by atoms with van der Waals surface area (Å²) in [5.74, 6) is -0.920. The Morgan fingerprint density at radius 1 is 1.58 bits per heavy atom. The van der Waals surface area contributed by atoms with E-state index in [2.05, 4.69) is 13.2 Å². The van der Waals surface area contributed by atoms with Gasteiger partial charge in [-0.2, -0.15) is 0 Å². The topological polar surface area (TPSA) is 74.6 Å². The number of hydrogen-bond donors (Lipinski definition) is 2. The third-order valence-corrected chi connectivity index (χ3v) is 0.953. The normalized spacial score (nSPS) is 8.75. The molecule has 0 aromatic heterocycles. The van der Waals surface area contributed by atoms with Crippen LogP contribution in [-0.4, -0.2) is 16.0 Å².